The van der Waals surface area contributed by atoms with Crippen molar-refractivity contribution in [2.45, 2.75) is 6.29 Å². The normalized spacial score (nSPS) is 15.5. The number of anilines is 1. The number of carbonyl (C=O) groups is 1. The van der Waals surface area contributed by atoms with E-state index in [1.807, 2.05) is 0 Å². The van der Waals surface area contributed by atoms with Crippen LogP contribution in [-0.2, 0) is 23.0 Å². The molecule has 19 heavy (non-hydrogen) atoms. The fraction of sp³-hybridized carbons (Fsp3) is 0.125. The van der Waals surface area contributed by atoms with Gasteiger partial charge < -0.3 is 15.1 Å². The second kappa shape index (κ2) is 7.49. The first-order valence-corrected chi connectivity index (χ1v) is 7.27. The summed E-state index contributed by atoms with van der Waals surface area (Å²) in [5.74, 6) is -1.60. The molecule has 0 spiro atoms. The average molecular weight is 313 g/mol. The summed E-state index contributed by atoms with van der Waals surface area (Å²) in [6, 6.07) is 4.56. The lowest BCUT2D eigenvalue weighted by Gasteiger charge is -2.14. The second-order valence-corrected chi connectivity index (χ2v) is 4.63. The van der Waals surface area contributed by atoms with Crippen molar-refractivity contribution in [1.29, 1.82) is 0 Å². The molecule has 1 amide bonds. The third-order valence-electron chi connectivity index (χ3n) is 1.74. The van der Waals surface area contributed by atoms with Gasteiger partial charge in [-0.25, -0.2) is 4.39 Å². The predicted octanol–water partition coefficient (Wildman–Crippen LogP) is 0.887. The highest BCUT2D eigenvalue weighted by Crippen LogP contribution is 2.26. The Morgan fingerprint density at radius 2 is 1.63 bits per heavy atom. The van der Waals surface area contributed by atoms with Crippen LogP contribution < -0.4 is 5.32 Å². The highest BCUT2D eigenvalue weighted by molar-refractivity contribution is 7.33. The molecule has 0 heterocycles. The van der Waals surface area contributed by atoms with Gasteiger partial charge in [0.1, 0.15) is 5.82 Å². The van der Waals surface area contributed by atoms with Crippen LogP contribution in [0.2, 0.25) is 0 Å². The fourth-order valence-corrected chi connectivity index (χ4v) is 1.82. The molecule has 8 nitrogen and oxygen atoms in total. The molecule has 0 fully saturated rings. The Morgan fingerprint density at radius 3 is 2.05 bits per heavy atom. The zero-order valence-electron chi connectivity index (χ0n) is 9.20. The number of nitrogens with one attached hydrogen (secondary N) is 1. The Labute approximate surface area is 108 Å². The number of hydrogen-bond acceptors (Lipinski definition) is 5. The van der Waals surface area contributed by atoms with E-state index < -0.39 is 34.5 Å². The van der Waals surface area contributed by atoms with Crippen LogP contribution in [0.5, 0.6) is 0 Å². The number of hydrogen-bond donors (Lipinski definition) is 3. The minimum absolute atomic E-state index is 0.152. The molecule has 1 aromatic rings. The van der Waals surface area contributed by atoms with Crippen LogP contribution in [0.3, 0.4) is 0 Å². The molecule has 1 aromatic carbocycles. The lowest BCUT2D eigenvalue weighted by molar-refractivity contribution is -0.135. The van der Waals surface area contributed by atoms with Crippen molar-refractivity contribution in [1.82, 2.24) is 0 Å². The first kappa shape index (κ1) is 16.0. The maximum absolute atomic E-state index is 12.6. The van der Waals surface area contributed by atoms with Gasteiger partial charge in [-0.15, -0.1) is 0 Å². The highest BCUT2D eigenvalue weighted by atomic mass is 31.1. The Balaban J connectivity index is 2.73. The summed E-state index contributed by atoms with van der Waals surface area (Å²) in [6.07, 6.45) is -2.02. The minimum Gasteiger partial charge on any atom is -0.326 e. The molecule has 0 aliphatic rings. The fourth-order valence-electron chi connectivity index (χ4n) is 1.05. The number of benzene rings is 1. The van der Waals surface area contributed by atoms with Crippen LogP contribution in [0.1, 0.15) is 0 Å². The molecule has 0 aliphatic carbocycles. The molecule has 0 radical (unpaired) electrons. The Hall–Kier alpha value is -1.08. The highest BCUT2D eigenvalue weighted by Gasteiger charge is 2.24. The summed E-state index contributed by atoms with van der Waals surface area (Å²) in [5, 5.41) is 2.16. The monoisotopic (exact) mass is 313 g/mol. The van der Waals surface area contributed by atoms with E-state index in [0.29, 0.717) is 0 Å². The van der Waals surface area contributed by atoms with Gasteiger partial charge in [0.25, 0.3) is 12.2 Å². The Bertz CT molecular complexity index is 478. The Morgan fingerprint density at radius 1 is 1.16 bits per heavy atom. The summed E-state index contributed by atoms with van der Waals surface area (Å²) in [7, 11) is -7.10. The zero-order chi connectivity index (χ0) is 14.4. The molecule has 0 bridgehead atoms. The van der Waals surface area contributed by atoms with Gasteiger partial charge >= 0.3 is 16.5 Å². The summed E-state index contributed by atoms with van der Waals surface area (Å²) in [4.78, 5) is 28.6. The van der Waals surface area contributed by atoms with Crippen LogP contribution in [0, 0.1) is 5.82 Å². The average Bonchev–Trinajstić information content (AvgIpc) is 2.30. The van der Waals surface area contributed by atoms with Crippen molar-refractivity contribution in [3.05, 3.63) is 30.1 Å². The molecule has 0 saturated carbocycles. The molecule has 106 valence electrons. The van der Waals surface area contributed by atoms with Gasteiger partial charge in [-0.1, -0.05) is 0 Å². The first-order valence-electron chi connectivity index (χ1n) is 4.74. The van der Waals surface area contributed by atoms with Gasteiger partial charge in [-0.2, -0.15) is 0 Å². The van der Waals surface area contributed by atoms with E-state index in [1.165, 1.54) is 12.1 Å². The van der Waals surface area contributed by atoms with E-state index in [1.54, 1.807) is 0 Å². The SMILES string of the molecule is O=C(Nc1ccc(F)cc1)C(O[PH](=O)O)O[PH](=O)O. The third kappa shape index (κ3) is 6.07. The largest absolute Gasteiger partial charge is 0.326 e. The van der Waals surface area contributed by atoms with E-state index >= 15 is 0 Å². The van der Waals surface area contributed by atoms with Gasteiger partial charge in [0.15, 0.2) is 0 Å². The summed E-state index contributed by atoms with van der Waals surface area (Å²) in [6.45, 7) is 0. The minimum atomic E-state index is -3.55. The molecular weight excluding hydrogens is 303 g/mol. The van der Waals surface area contributed by atoms with Gasteiger partial charge in [0, 0.05) is 5.69 Å². The van der Waals surface area contributed by atoms with Gasteiger partial charge in [0.05, 0.1) is 0 Å². The first-order chi connectivity index (χ1) is 8.88. The smallest absolute Gasteiger partial charge is 0.319 e. The van der Waals surface area contributed by atoms with Gasteiger partial charge in [0.2, 0.25) is 0 Å². The summed E-state index contributed by atoms with van der Waals surface area (Å²) in [5.41, 5.74) is 0.152. The number of amides is 1. The van der Waals surface area contributed by atoms with Crippen molar-refractivity contribution in [3.8, 4) is 0 Å². The summed E-state index contributed by atoms with van der Waals surface area (Å²) < 4.78 is 41.9. The van der Waals surface area contributed by atoms with E-state index in [-0.39, 0.29) is 5.69 Å². The molecule has 0 aliphatic heterocycles. The van der Waals surface area contributed by atoms with E-state index in [4.69, 9.17) is 9.79 Å². The quantitative estimate of drug-likeness (QED) is 0.526. The van der Waals surface area contributed by atoms with E-state index in [2.05, 4.69) is 14.4 Å². The standard InChI is InChI=1S/C8H10FNO7P2/c9-5-1-3-6(4-2-5)10-7(11)8(16-18(12)13)17-19(14)15/h1-4,8,18-19H,(H,10,11)(H,12,13)(H,14,15). The second-order valence-electron chi connectivity index (χ2n) is 3.10. The molecule has 11 heteroatoms. The van der Waals surface area contributed by atoms with Gasteiger partial charge in [-0.05, 0) is 24.3 Å². The van der Waals surface area contributed by atoms with Crippen LogP contribution in [0.15, 0.2) is 24.3 Å². The van der Waals surface area contributed by atoms with Crippen molar-refractivity contribution in [3.63, 3.8) is 0 Å². The van der Waals surface area contributed by atoms with Gasteiger partial charge in [-0.3, -0.25) is 23.0 Å². The molecule has 2 unspecified atom stereocenters. The van der Waals surface area contributed by atoms with E-state index in [9.17, 15) is 18.3 Å². The molecule has 0 saturated heterocycles. The predicted molar refractivity (Wildman–Crippen MR) is 63.4 cm³/mol. The van der Waals surface area contributed by atoms with Crippen LogP contribution in [0.4, 0.5) is 10.1 Å². The van der Waals surface area contributed by atoms with Crippen molar-refractivity contribution < 1.29 is 37.1 Å². The lowest BCUT2D eigenvalue weighted by Crippen LogP contribution is -2.29. The molecule has 2 atom stereocenters. The lowest BCUT2D eigenvalue weighted by atomic mass is 10.3. The van der Waals surface area contributed by atoms with E-state index in [0.717, 1.165) is 12.1 Å². The Kier molecular flexibility index (Phi) is 6.30. The number of rotatable bonds is 6. The molecule has 1 rings (SSSR count). The van der Waals surface area contributed by atoms with Crippen molar-refractivity contribution in [2.24, 2.45) is 0 Å². The third-order valence-corrected chi connectivity index (χ3v) is 2.57. The maximum Gasteiger partial charge on any atom is 0.319 e. The zero-order valence-corrected chi connectivity index (χ0v) is 11.2. The molecule has 0 aromatic heterocycles. The summed E-state index contributed by atoms with van der Waals surface area (Å²) >= 11 is 0. The maximum atomic E-state index is 12.6. The van der Waals surface area contributed by atoms with Crippen molar-refractivity contribution in [2.75, 3.05) is 5.32 Å². The molecule has 3 N–H and O–H groups in total. The van der Waals surface area contributed by atoms with Crippen LogP contribution >= 0.6 is 16.5 Å². The van der Waals surface area contributed by atoms with Crippen LogP contribution in [-0.4, -0.2) is 22.0 Å². The topological polar surface area (TPSA) is 122 Å². The van der Waals surface area contributed by atoms with Crippen molar-refractivity contribution >= 4 is 28.1 Å². The number of halogens is 1. The molecular formula is C8H10FNO7P2. The van der Waals surface area contributed by atoms with Crippen LogP contribution in [0.25, 0.3) is 0 Å². The number of carbonyl (C=O) groups excluding carboxylic acids is 1.